The van der Waals surface area contributed by atoms with E-state index < -0.39 is 0 Å². The lowest BCUT2D eigenvalue weighted by molar-refractivity contribution is 0.0953. The molecule has 0 fully saturated rings. The number of fused-ring (bicyclic) bond motifs is 1. The van der Waals surface area contributed by atoms with E-state index in [9.17, 15) is 9.59 Å². The second-order valence-electron chi connectivity index (χ2n) is 7.53. The van der Waals surface area contributed by atoms with Gasteiger partial charge in [-0.25, -0.2) is 5.43 Å². The molecule has 0 bridgehead atoms. The van der Waals surface area contributed by atoms with Gasteiger partial charge in [0.15, 0.2) is 5.76 Å². The topological polar surface area (TPSA) is 83.7 Å². The summed E-state index contributed by atoms with van der Waals surface area (Å²) in [5.74, 6) is 0.353. The Labute approximate surface area is 185 Å². The summed E-state index contributed by atoms with van der Waals surface area (Å²) in [5.41, 5.74) is 7.11. The van der Waals surface area contributed by atoms with Crippen LogP contribution >= 0.6 is 11.6 Å². The summed E-state index contributed by atoms with van der Waals surface area (Å²) in [7, 11) is 0. The van der Waals surface area contributed by atoms with Gasteiger partial charge in [-0.3, -0.25) is 9.59 Å². The summed E-state index contributed by atoms with van der Waals surface area (Å²) >= 11 is 5.90. The Bertz CT molecular complexity index is 1160. The van der Waals surface area contributed by atoms with Gasteiger partial charge >= 0.3 is 0 Å². The van der Waals surface area contributed by atoms with Gasteiger partial charge in [0.2, 0.25) is 0 Å². The SMILES string of the molecule is Cc1ccc(C(=O)N/N=C2\CCCc3oc(C(=O)Nc4ccc(Cl)cc4)c(C)c32)cc1. The van der Waals surface area contributed by atoms with E-state index in [0.29, 0.717) is 39.7 Å². The maximum Gasteiger partial charge on any atom is 0.291 e. The molecule has 0 spiro atoms. The lowest BCUT2D eigenvalue weighted by atomic mass is 9.93. The predicted molar refractivity (Wildman–Crippen MR) is 121 cm³/mol. The fourth-order valence-electron chi connectivity index (χ4n) is 3.61. The standard InChI is InChI=1S/C24H22ClN3O3/c1-14-6-8-16(9-7-14)23(29)28-27-19-4-3-5-20-21(19)15(2)22(31-20)24(30)26-18-12-10-17(25)11-13-18/h6-13H,3-5H2,1-2H3,(H,26,30)(H,28,29)/b27-19+. The third-order valence-corrected chi connectivity index (χ3v) is 5.49. The second-order valence-corrected chi connectivity index (χ2v) is 7.97. The molecule has 2 amide bonds. The molecule has 2 aromatic carbocycles. The van der Waals surface area contributed by atoms with Crippen molar-refractivity contribution in [2.45, 2.75) is 33.1 Å². The number of halogens is 1. The van der Waals surface area contributed by atoms with Crippen molar-refractivity contribution in [3.8, 4) is 0 Å². The zero-order valence-corrected chi connectivity index (χ0v) is 18.0. The van der Waals surface area contributed by atoms with Crippen molar-refractivity contribution >= 4 is 34.8 Å². The number of furan rings is 1. The summed E-state index contributed by atoms with van der Waals surface area (Å²) in [6.45, 7) is 3.80. The summed E-state index contributed by atoms with van der Waals surface area (Å²) in [6, 6.07) is 14.2. The van der Waals surface area contributed by atoms with Crippen LogP contribution in [-0.2, 0) is 6.42 Å². The Morgan fingerprint density at radius 3 is 2.39 bits per heavy atom. The van der Waals surface area contributed by atoms with Gasteiger partial charge < -0.3 is 9.73 Å². The number of hydrazone groups is 1. The highest BCUT2D eigenvalue weighted by atomic mass is 35.5. The summed E-state index contributed by atoms with van der Waals surface area (Å²) < 4.78 is 5.90. The summed E-state index contributed by atoms with van der Waals surface area (Å²) in [6.07, 6.45) is 2.24. The lowest BCUT2D eigenvalue weighted by Crippen LogP contribution is -2.22. The van der Waals surface area contributed by atoms with Gasteiger partial charge in [-0.1, -0.05) is 29.3 Å². The fourth-order valence-corrected chi connectivity index (χ4v) is 3.73. The zero-order valence-electron chi connectivity index (χ0n) is 17.3. The second kappa shape index (κ2) is 8.78. The fraction of sp³-hybridized carbons (Fsp3) is 0.208. The van der Waals surface area contributed by atoms with E-state index in [1.165, 1.54) is 0 Å². The van der Waals surface area contributed by atoms with Gasteiger partial charge in [0.25, 0.3) is 11.8 Å². The molecule has 0 saturated heterocycles. The van der Waals surface area contributed by atoms with Crippen LogP contribution in [-0.4, -0.2) is 17.5 Å². The molecule has 0 unspecified atom stereocenters. The van der Waals surface area contributed by atoms with Gasteiger partial charge in [0.1, 0.15) is 5.76 Å². The molecule has 7 heteroatoms. The number of anilines is 1. The number of carbonyl (C=O) groups is 2. The molecule has 1 aromatic heterocycles. The molecule has 0 atom stereocenters. The summed E-state index contributed by atoms with van der Waals surface area (Å²) in [5, 5.41) is 7.78. The number of rotatable bonds is 4. The van der Waals surface area contributed by atoms with Crippen molar-refractivity contribution in [2.24, 2.45) is 5.10 Å². The number of hydrogen-bond donors (Lipinski definition) is 2. The monoisotopic (exact) mass is 435 g/mol. The Balaban J connectivity index is 1.55. The number of aryl methyl sites for hydroxylation is 2. The Morgan fingerprint density at radius 2 is 1.68 bits per heavy atom. The number of benzene rings is 2. The Hall–Kier alpha value is -3.38. The molecule has 1 aliphatic carbocycles. The van der Waals surface area contributed by atoms with Crippen LogP contribution in [0.5, 0.6) is 0 Å². The normalized spacial score (nSPS) is 14.2. The van der Waals surface area contributed by atoms with E-state index in [2.05, 4.69) is 15.8 Å². The van der Waals surface area contributed by atoms with Crippen molar-refractivity contribution < 1.29 is 14.0 Å². The quantitative estimate of drug-likeness (QED) is 0.547. The van der Waals surface area contributed by atoms with Gasteiger partial charge in [-0.15, -0.1) is 0 Å². The maximum absolute atomic E-state index is 12.8. The number of carbonyl (C=O) groups excluding carboxylic acids is 2. The maximum atomic E-state index is 12.8. The van der Waals surface area contributed by atoms with Crippen LogP contribution in [0, 0.1) is 13.8 Å². The van der Waals surface area contributed by atoms with E-state index >= 15 is 0 Å². The van der Waals surface area contributed by atoms with E-state index in [1.54, 1.807) is 36.4 Å². The molecule has 158 valence electrons. The minimum atomic E-state index is -0.336. The van der Waals surface area contributed by atoms with E-state index in [0.717, 1.165) is 24.0 Å². The molecule has 0 radical (unpaired) electrons. The van der Waals surface area contributed by atoms with E-state index in [1.807, 2.05) is 26.0 Å². The van der Waals surface area contributed by atoms with Crippen LogP contribution in [0.15, 0.2) is 58.0 Å². The Kier molecular flexibility index (Phi) is 5.91. The third kappa shape index (κ3) is 4.54. The Morgan fingerprint density at radius 1 is 0.968 bits per heavy atom. The first kappa shape index (κ1) is 20.9. The van der Waals surface area contributed by atoms with Crippen LogP contribution in [0.1, 0.15) is 56.2 Å². The molecule has 4 rings (SSSR count). The molecule has 0 saturated carbocycles. The molecule has 2 N–H and O–H groups in total. The minimum Gasteiger partial charge on any atom is -0.455 e. The largest absolute Gasteiger partial charge is 0.455 e. The highest BCUT2D eigenvalue weighted by molar-refractivity contribution is 6.30. The molecular formula is C24H22ClN3O3. The number of amides is 2. The zero-order chi connectivity index (χ0) is 22.0. The van der Waals surface area contributed by atoms with Crippen molar-refractivity contribution in [3.63, 3.8) is 0 Å². The van der Waals surface area contributed by atoms with Crippen molar-refractivity contribution in [1.29, 1.82) is 0 Å². The van der Waals surface area contributed by atoms with E-state index in [4.69, 9.17) is 16.0 Å². The highest BCUT2D eigenvalue weighted by Crippen LogP contribution is 2.30. The predicted octanol–water partition coefficient (Wildman–Crippen LogP) is 5.27. The van der Waals surface area contributed by atoms with Crippen LogP contribution in [0.2, 0.25) is 5.02 Å². The number of nitrogens with one attached hydrogen (secondary N) is 2. The van der Waals surface area contributed by atoms with Gasteiger partial charge in [0, 0.05) is 33.8 Å². The molecule has 6 nitrogen and oxygen atoms in total. The van der Waals surface area contributed by atoms with Crippen molar-refractivity contribution in [3.05, 3.63) is 87.3 Å². The van der Waals surface area contributed by atoms with E-state index in [-0.39, 0.29) is 17.6 Å². The van der Waals surface area contributed by atoms with Crippen molar-refractivity contribution in [1.82, 2.24) is 5.43 Å². The first-order chi connectivity index (χ1) is 14.9. The van der Waals surface area contributed by atoms with Crippen molar-refractivity contribution in [2.75, 3.05) is 5.32 Å². The number of hydrogen-bond acceptors (Lipinski definition) is 4. The minimum absolute atomic E-state index is 0.249. The molecular weight excluding hydrogens is 414 g/mol. The smallest absolute Gasteiger partial charge is 0.291 e. The molecule has 1 heterocycles. The first-order valence-electron chi connectivity index (χ1n) is 10.1. The van der Waals surface area contributed by atoms with Gasteiger partial charge in [-0.05, 0) is 63.1 Å². The number of nitrogens with zero attached hydrogens (tertiary/aromatic N) is 1. The molecule has 3 aromatic rings. The van der Waals surface area contributed by atoms with Crippen LogP contribution in [0.4, 0.5) is 5.69 Å². The van der Waals surface area contributed by atoms with Crippen LogP contribution < -0.4 is 10.7 Å². The molecule has 0 aliphatic heterocycles. The van der Waals surface area contributed by atoms with Crippen LogP contribution in [0.3, 0.4) is 0 Å². The molecule has 1 aliphatic rings. The third-order valence-electron chi connectivity index (χ3n) is 5.24. The summed E-state index contributed by atoms with van der Waals surface area (Å²) in [4.78, 5) is 25.2. The first-order valence-corrected chi connectivity index (χ1v) is 10.4. The van der Waals surface area contributed by atoms with Gasteiger partial charge in [0.05, 0.1) is 5.71 Å². The average Bonchev–Trinajstić information content (AvgIpc) is 3.11. The highest BCUT2D eigenvalue weighted by Gasteiger charge is 2.28. The average molecular weight is 436 g/mol. The van der Waals surface area contributed by atoms with Crippen LogP contribution in [0.25, 0.3) is 0 Å². The molecule has 31 heavy (non-hydrogen) atoms. The van der Waals surface area contributed by atoms with Gasteiger partial charge in [-0.2, -0.15) is 5.10 Å². The lowest BCUT2D eigenvalue weighted by Gasteiger charge is -2.13.